The third-order valence-corrected chi connectivity index (χ3v) is 2.19. The number of para-hydroxylation sites is 1. The lowest BCUT2D eigenvalue weighted by Gasteiger charge is -1.96. The maximum absolute atomic E-state index is 11.6. The molecule has 0 aliphatic carbocycles. The van der Waals surface area contributed by atoms with Crippen LogP contribution in [-0.4, -0.2) is 5.10 Å². The molecule has 1 heterocycles. The summed E-state index contributed by atoms with van der Waals surface area (Å²) in [5, 5.41) is 3.94. The molecule has 2 aromatic rings. The van der Waals surface area contributed by atoms with Crippen LogP contribution in [0, 0.1) is 0 Å². The molecule has 1 aromatic carbocycles. The van der Waals surface area contributed by atoms with Crippen LogP contribution in [0.25, 0.3) is 10.9 Å². The van der Waals surface area contributed by atoms with Gasteiger partial charge in [0.2, 0.25) is 6.20 Å². The molecule has 0 amide bonds. The van der Waals surface area contributed by atoms with E-state index >= 15 is 0 Å². The Hall–Kier alpha value is -1.64. The number of fused-ring (bicyclic) bond motifs is 1. The van der Waals surface area contributed by atoms with Gasteiger partial charge in [0, 0.05) is 6.42 Å². The molecule has 0 spiro atoms. The highest BCUT2D eigenvalue weighted by atomic mass is 16.1. The molecular formula is C11H13N2O+. The van der Waals surface area contributed by atoms with Crippen molar-refractivity contribution in [3.8, 4) is 0 Å². The number of hydrogen-bond acceptors (Lipinski definition) is 1. The van der Waals surface area contributed by atoms with Crippen molar-refractivity contribution < 1.29 is 4.68 Å². The first-order valence-corrected chi connectivity index (χ1v) is 4.83. The van der Waals surface area contributed by atoms with Crippen LogP contribution in [-0.2, 0) is 6.54 Å². The highest BCUT2D eigenvalue weighted by molar-refractivity contribution is 5.76. The van der Waals surface area contributed by atoms with Gasteiger partial charge in [-0.2, -0.15) is 5.10 Å². The average Bonchev–Trinajstić information content (AvgIpc) is 2.18. The van der Waals surface area contributed by atoms with Crippen molar-refractivity contribution in [1.82, 2.24) is 5.10 Å². The van der Waals surface area contributed by atoms with E-state index in [1.54, 1.807) is 6.20 Å². The molecule has 0 saturated heterocycles. The third-order valence-electron chi connectivity index (χ3n) is 2.19. The van der Waals surface area contributed by atoms with E-state index in [0.29, 0.717) is 0 Å². The van der Waals surface area contributed by atoms with Crippen LogP contribution in [0.4, 0.5) is 0 Å². The molecular weight excluding hydrogens is 176 g/mol. The molecule has 0 saturated carbocycles. The van der Waals surface area contributed by atoms with Crippen molar-refractivity contribution in [2.75, 3.05) is 0 Å². The van der Waals surface area contributed by atoms with Crippen molar-refractivity contribution in [2.45, 2.75) is 19.9 Å². The molecule has 3 heteroatoms. The molecule has 14 heavy (non-hydrogen) atoms. The van der Waals surface area contributed by atoms with E-state index in [0.717, 1.165) is 23.9 Å². The molecule has 1 N–H and O–H groups in total. The van der Waals surface area contributed by atoms with Crippen LogP contribution >= 0.6 is 0 Å². The maximum Gasteiger partial charge on any atom is 0.253 e. The number of rotatable bonds is 2. The first-order valence-electron chi connectivity index (χ1n) is 4.83. The zero-order valence-electron chi connectivity index (χ0n) is 8.16. The first-order chi connectivity index (χ1) is 6.81. The Morgan fingerprint density at radius 1 is 1.36 bits per heavy atom. The summed E-state index contributed by atoms with van der Waals surface area (Å²) < 4.78 is 1.84. The van der Waals surface area contributed by atoms with Crippen LogP contribution < -0.4 is 10.1 Å². The second-order valence-corrected chi connectivity index (χ2v) is 3.34. The smallest absolute Gasteiger partial charge is 0.253 e. The van der Waals surface area contributed by atoms with Crippen molar-refractivity contribution in [3.63, 3.8) is 0 Å². The lowest BCUT2D eigenvalue weighted by atomic mass is 10.2. The molecule has 3 nitrogen and oxygen atoms in total. The van der Waals surface area contributed by atoms with Gasteiger partial charge in [0.15, 0.2) is 6.54 Å². The molecule has 2 rings (SSSR count). The second kappa shape index (κ2) is 3.62. The van der Waals surface area contributed by atoms with E-state index < -0.39 is 0 Å². The summed E-state index contributed by atoms with van der Waals surface area (Å²) in [5.41, 5.74) is 0.973. The van der Waals surface area contributed by atoms with E-state index in [9.17, 15) is 4.79 Å². The van der Waals surface area contributed by atoms with Gasteiger partial charge in [-0.3, -0.25) is 4.79 Å². The number of aryl methyl sites for hydroxylation is 1. The fraction of sp³-hybridized carbons (Fsp3) is 0.273. The molecule has 0 atom stereocenters. The number of H-pyrrole nitrogens is 1. The van der Waals surface area contributed by atoms with Crippen LogP contribution in [0.15, 0.2) is 35.3 Å². The fourth-order valence-electron chi connectivity index (χ4n) is 1.55. The van der Waals surface area contributed by atoms with Gasteiger partial charge in [-0.05, 0) is 12.1 Å². The van der Waals surface area contributed by atoms with E-state index in [1.807, 2.05) is 28.9 Å². The van der Waals surface area contributed by atoms with E-state index in [4.69, 9.17) is 0 Å². The number of benzene rings is 1. The molecule has 0 radical (unpaired) electrons. The average molecular weight is 189 g/mol. The lowest BCUT2D eigenvalue weighted by Crippen LogP contribution is -2.40. The number of nitrogens with one attached hydrogen (secondary N) is 1. The lowest BCUT2D eigenvalue weighted by molar-refractivity contribution is -0.752. The van der Waals surface area contributed by atoms with Crippen molar-refractivity contribution in [3.05, 3.63) is 40.7 Å². The molecule has 1 aromatic heterocycles. The number of hydrogen-bond donors (Lipinski definition) is 1. The van der Waals surface area contributed by atoms with Crippen molar-refractivity contribution in [1.29, 1.82) is 0 Å². The number of aromatic nitrogens is 2. The SMILES string of the molecule is CCC[n+]1cc(=O)c2ccccc2[nH]1. The zero-order valence-corrected chi connectivity index (χ0v) is 8.16. The van der Waals surface area contributed by atoms with Crippen molar-refractivity contribution in [2.24, 2.45) is 0 Å². The Labute approximate surface area is 82.0 Å². The minimum atomic E-state index is 0.0767. The molecule has 0 fully saturated rings. The predicted molar refractivity (Wildman–Crippen MR) is 55.1 cm³/mol. The van der Waals surface area contributed by atoms with Gasteiger partial charge in [0.1, 0.15) is 5.52 Å². The monoisotopic (exact) mass is 189 g/mol. The summed E-state index contributed by atoms with van der Waals surface area (Å²) in [6, 6.07) is 7.56. The number of nitrogens with zero attached hydrogens (tertiary/aromatic N) is 1. The minimum absolute atomic E-state index is 0.0767. The van der Waals surface area contributed by atoms with E-state index in [-0.39, 0.29) is 5.43 Å². The summed E-state index contributed by atoms with van der Waals surface area (Å²) in [6.07, 6.45) is 2.63. The van der Waals surface area contributed by atoms with Crippen LogP contribution in [0.3, 0.4) is 0 Å². The van der Waals surface area contributed by atoms with Gasteiger partial charge in [-0.25, -0.2) is 0 Å². The number of aromatic amines is 1. The summed E-state index contributed by atoms with van der Waals surface area (Å²) in [4.78, 5) is 11.6. The molecule has 0 aliphatic heterocycles. The Morgan fingerprint density at radius 2 is 2.14 bits per heavy atom. The Bertz CT molecular complexity index is 502. The zero-order chi connectivity index (χ0) is 9.97. The predicted octanol–water partition coefficient (Wildman–Crippen LogP) is 1.23. The standard InChI is InChI=1S/C11H12N2O/c1-2-7-13-8-11(14)9-5-3-4-6-10(9)12-13/h3-6,8H,2,7H2,1H3/p+1. The van der Waals surface area contributed by atoms with Crippen molar-refractivity contribution >= 4 is 10.9 Å². The van der Waals surface area contributed by atoms with Gasteiger partial charge < -0.3 is 0 Å². The summed E-state index contributed by atoms with van der Waals surface area (Å²) in [7, 11) is 0. The minimum Gasteiger partial charge on any atom is -0.282 e. The van der Waals surface area contributed by atoms with Crippen LogP contribution in [0.5, 0.6) is 0 Å². The van der Waals surface area contributed by atoms with E-state index in [2.05, 4.69) is 12.0 Å². The van der Waals surface area contributed by atoms with Gasteiger partial charge in [0.25, 0.3) is 5.43 Å². The summed E-state index contributed by atoms with van der Waals surface area (Å²) >= 11 is 0. The van der Waals surface area contributed by atoms with Gasteiger partial charge in [-0.1, -0.05) is 19.1 Å². The van der Waals surface area contributed by atoms with E-state index in [1.165, 1.54) is 0 Å². The summed E-state index contributed by atoms with van der Waals surface area (Å²) in [6.45, 7) is 2.93. The van der Waals surface area contributed by atoms with Crippen LogP contribution in [0.2, 0.25) is 0 Å². The Morgan fingerprint density at radius 3 is 2.93 bits per heavy atom. The van der Waals surface area contributed by atoms with Crippen LogP contribution in [0.1, 0.15) is 13.3 Å². The highest BCUT2D eigenvalue weighted by Crippen LogP contribution is 2.02. The molecule has 0 aliphatic rings. The first kappa shape index (κ1) is 8.94. The quantitative estimate of drug-likeness (QED) is 0.709. The topological polar surface area (TPSA) is 36.7 Å². The molecule has 72 valence electrons. The molecule has 0 bridgehead atoms. The largest absolute Gasteiger partial charge is 0.282 e. The summed E-state index contributed by atoms with van der Waals surface area (Å²) in [5.74, 6) is 0. The Kier molecular flexibility index (Phi) is 2.31. The van der Waals surface area contributed by atoms with Gasteiger partial charge in [-0.15, -0.1) is 4.68 Å². The molecule has 0 unspecified atom stereocenters. The normalized spacial score (nSPS) is 10.6. The van der Waals surface area contributed by atoms with Gasteiger partial charge >= 0.3 is 0 Å². The Balaban J connectivity index is 2.66. The second-order valence-electron chi connectivity index (χ2n) is 3.34. The maximum atomic E-state index is 11.6. The highest BCUT2D eigenvalue weighted by Gasteiger charge is 2.05. The fourth-order valence-corrected chi connectivity index (χ4v) is 1.55. The third kappa shape index (κ3) is 1.53. The van der Waals surface area contributed by atoms with Gasteiger partial charge in [0.05, 0.1) is 5.39 Å².